The van der Waals surface area contributed by atoms with Gasteiger partial charge in [-0.3, -0.25) is 4.79 Å². The van der Waals surface area contributed by atoms with Crippen molar-refractivity contribution in [2.75, 3.05) is 18.9 Å². The number of carbonyl (C=O) groups excluding carboxylic acids is 1. The molecule has 2 aromatic rings. The van der Waals surface area contributed by atoms with Crippen LogP contribution in [0.3, 0.4) is 0 Å². The van der Waals surface area contributed by atoms with E-state index in [2.05, 4.69) is 36.8 Å². The molecule has 3 nitrogen and oxygen atoms in total. The third-order valence-electron chi connectivity index (χ3n) is 3.40. The summed E-state index contributed by atoms with van der Waals surface area (Å²) in [5.74, 6) is 0.0618. The van der Waals surface area contributed by atoms with Crippen molar-refractivity contribution in [1.82, 2.24) is 0 Å². The third kappa shape index (κ3) is 4.69. The maximum atomic E-state index is 12.1. The molecule has 0 spiro atoms. The van der Waals surface area contributed by atoms with Crippen LogP contribution in [0.1, 0.15) is 21.6 Å². The molecule has 1 atom stereocenters. The number of nitrogens with one attached hydrogen (secondary N) is 2. The molecule has 2 N–H and O–H groups in total. The van der Waals surface area contributed by atoms with Crippen LogP contribution in [0.15, 0.2) is 29.6 Å². The summed E-state index contributed by atoms with van der Waals surface area (Å²) in [4.78, 5) is 14.7. The molecule has 2 rings (SSSR count). The first-order valence-electron chi connectivity index (χ1n) is 7.16. The fourth-order valence-corrected chi connectivity index (χ4v) is 3.47. The first-order valence-corrected chi connectivity index (χ1v) is 8.04. The lowest BCUT2D eigenvalue weighted by Crippen LogP contribution is -3.08. The average molecular weight is 303 g/mol. The van der Waals surface area contributed by atoms with Crippen LogP contribution >= 0.6 is 11.3 Å². The molecule has 112 valence electrons. The molecule has 1 aromatic carbocycles. The lowest BCUT2D eigenvalue weighted by molar-refractivity contribution is -0.884. The Morgan fingerprint density at radius 2 is 1.86 bits per heavy atom. The quantitative estimate of drug-likeness (QED) is 0.873. The van der Waals surface area contributed by atoms with Gasteiger partial charge in [0.2, 0.25) is 0 Å². The summed E-state index contributed by atoms with van der Waals surface area (Å²) in [5, 5.41) is 5.10. The van der Waals surface area contributed by atoms with E-state index in [1.807, 2.05) is 26.0 Å². The van der Waals surface area contributed by atoms with Crippen molar-refractivity contribution in [3.05, 3.63) is 51.2 Å². The van der Waals surface area contributed by atoms with E-state index in [1.54, 1.807) is 11.3 Å². The Morgan fingerprint density at radius 1 is 1.19 bits per heavy atom. The van der Waals surface area contributed by atoms with Crippen molar-refractivity contribution < 1.29 is 9.69 Å². The Labute approximate surface area is 130 Å². The molecule has 0 aliphatic carbocycles. The summed E-state index contributed by atoms with van der Waals surface area (Å²) in [5.41, 5.74) is 4.53. The van der Waals surface area contributed by atoms with Crippen molar-refractivity contribution >= 4 is 22.9 Å². The average Bonchev–Trinajstić information content (AvgIpc) is 2.73. The van der Waals surface area contributed by atoms with E-state index in [-0.39, 0.29) is 5.91 Å². The van der Waals surface area contributed by atoms with Gasteiger partial charge in [0.1, 0.15) is 6.54 Å². The first kappa shape index (κ1) is 15.7. The molecule has 0 fully saturated rings. The van der Waals surface area contributed by atoms with E-state index in [9.17, 15) is 4.79 Å². The molecule has 1 unspecified atom stereocenters. The Bertz CT molecular complexity index is 613. The zero-order valence-electron chi connectivity index (χ0n) is 13.1. The highest BCUT2D eigenvalue weighted by atomic mass is 32.1. The van der Waals surface area contributed by atoms with Crippen LogP contribution in [-0.2, 0) is 11.3 Å². The molecule has 1 heterocycles. The Hall–Kier alpha value is -1.65. The third-order valence-corrected chi connectivity index (χ3v) is 4.42. The van der Waals surface area contributed by atoms with Gasteiger partial charge in [-0.05, 0) is 61.0 Å². The van der Waals surface area contributed by atoms with Crippen LogP contribution in [0.4, 0.5) is 5.69 Å². The normalized spacial score (nSPS) is 12.2. The molecule has 0 saturated heterocycles. The predicted octanol–water partition coefficient (Wildman–Crippen LogP) is 2.33. The van der Waals surface area contributed by atoms with Crippen LogP contribution in [-0.4, -0.2) is 19.5 Å². The van der Waals surface area contributed by atoms with Crippen molar-refractivity contribution in [3.8, 4) is 0 Å². The van der Waals surface area contributed by atoms with Gasteiger partial charge in [-0.1, -0.05) is 6.07 Å². The minimum Gasteiger partial charge on any atom is -0.325 e. The van der Waals surface area contributed by atoms with Crippen LogP contribution in [0, 0.1) is 20.8 Å². The molecular weight excluding hydrogens is 280 g/mol. The number of thiophene rings is 1. The number of amides is 1. The summed E-state index contributed by atoms with van der Waals surface area (Å²) in [7, 11) is 2.06. The molecule has 1 amide bonds. The van der Waals surface area contributed by atoms with Crippen LogP contribution in [0.2, 0.25) is 0 Å². The van der Waals surface area contributed by atoms with E-state index in [1.165, 1.54) is 26.5 Å². The second-order valence-corrected chi connectivity index (χ2v) is 6.76. The zero-order chi connectivity index (χ0) is 15.4. The molecule has 1 aromatic heterocycles. The van der Waals surface area contributed by atoms with E-state index in [0.29, 0.717) is 6.54 Å². The van der Waals surface area contributed by atoms with Gasteiger partial charge in [-0.15, -0.1) is 11.3 Å². The molecular formula is C17H23N2OS+. The number of benzene rings is 1. The van der Waals surface area contributed by atoms with Gasteiger partial charge in [-0.25, -0.2) is 0 Å². The number of hydrogen-bond donors (Lipinski definition) is 2. The molecule has 4 heteroatoms. The maximum Gasteiger partial charge on any atom is 0.279 e. The largest absolute Gasteiger partial charge is 0.325 e. The lowest BCUT2D eigenvalue weighted by Gasteiger charge is -2.14. The molecule has 0 bridgehead atoms. The summed E-state index contributed by atoms with van der Waals surface area (Å²) in [6.45, 7) is 7.57. The highest BCUT2D eigenvalue weighted by Crippen LogP contribution is 2.14. The molecule has 0 aliphatic rings. The van der Waals surface area contributed by atoms with Gasteiger partial charge in [0.15, 0.2) is 6.54 Å². The van der Waals surface area contributed by atoms with Gasteiger partial charge in [0, 0.05) is 5.69 Å². The molecule has 0 radical (unpaired) electrons. The molecule has 0 saturated carbocycles. The van der Waals surface area contributed by atoms with Gasteiger partial charge in [0.05, 0.1) is 11.9 Å². The second-order valence-electron chi connectivity index (χ2n) is 5.76. The van der Waals surface area contributed by atoms with Crippen LogP contribution in [0.25, 0.3) is 0 Å². The maximum absolute atomic E-state index is 12.1. The number of aryl methyl sites for hydroxylation is 3. The van der Waals surface area contributed by atoms with Crippen molar-refractivity contribution in [1.29, 1.82) is 0 Å². The van der Waals surface area contributed by atoms with Gasteiger partial charge >= 0.3 is 0 Å². The number of carbonyl (C=O) groups is 1. The van der Waals surface area contributed by atoms with E-state index < -0.39 is 0 Å². The summed E-state index contributed by atoms with van der Waals surface area (Å²) >= 11 is 1.76. The Morgan fingerprint density at radius 3 is 2.43 bits per heavy atom. The molecule has 0 aliphatic heterocycles. The predicted molar refractivity (Wildman–Crippen MR) is 89.1 cm³/mol. The smallest absolute Gasteiger partial charge is 0.279 e. The van der Waals surface area contributed by atoms with E-state index in [4.69, 9.17) is 0 Å². The van der Waals surface area contributed by atoms with Crippen LogP contribution in [0.5, 0.6) is 0 Å². The van der Waals surface area contributed by atoms with Gasteiger partial charge < -0.3 is 10.2 Å². The summed E-state index contributed by atoms with van der Waals surface area (Å²) in [6, 6.07) is 8.24. The van der Waals surface area contributed by atoms with Gasteiger partial charge in [0.25, 0.3) is 5.91 Å². The van der Waals surface area contributed by atoms with Crippen molar-refractivity contribution in [3.63, 3.8) is 0 Å². The Kier molecular flexibility index (Phi) is 5.15. The fraction of sp³-hybridized carbons (Fsp3) is 0.353. The summed E-state index contributed by atoms with van der Waals surface area (Å²) < 4.78 is 0. The lowest BCUT2D eigenvalue weighted by atomic mass is 10.1. The van der Waals surface area contributed by atoms with E-state index >= 15 is 0 Å². The summed E-state index contributed by atoms with van der Waals surface area (Å²) in [6.07, 6.45) is 0. The molecule has 21 heavy (non-hydrogen) atoms. The highest BCUT2D eigenvalue weighted by molar-refractivity contribution is 7.10. The standard InChI is InChI=1S/C17H22N2OS/c1-12-7-13(2)9-15(8-12)18-17(20)11-19(4)10-16-14(3)5-6-21-16/h5-9H,10-11H2,1-4H3,(H,18,20)/p+1. The number of likely N-dealkylation sites (N-methyl/N-ethyl adjacent to an activating group) is 1. The second kappa shape index (κ2) is 6.87. The highest BCUT2D eigenvalue weighted by Gasteiger charge is 2.13. The minimum atomic E-state index is 0.0618. The van der Waals surface area contributed by atoms with Gasteiger partial charge in [-0.2, -0.15) is 0 Å². The van der Waals surface area contributed by atoms with Crippen molar-refractivity contribution in [2.45, 2.75) is 27.3 Å². The monoisotopic (exact) mass is 303 g/mol. The number of anilines is 1. The topological polar surface area (TPSA) is 33.5 Å². The number of hydrogen-bond acceptors (Lipinski definition) is 2. The Balaban J connectivity index is 1.90. The zero-order valence-corrected chi connectivity index (χ0v) is 13.9. The SMILES string of the molecule is Cc1cc(C)cc(NC(=O)C[NH+](C)Cc2sccc2C)c1. The van der Waals surface area contributed by atoms with Crippen LogP contribution < -0.4 is 10.2 Å². The van der Waals surface area contributed by atoms with Crippen molar-refractivity contribution in [2.24, 2.45) is 0 Å². The number of rotatable bonds is 5. The minimum absolute atomic E-state index is 0.0618. The van der Waals surface area contributed by atoms with E-state index in [0.717, 1.165) is 12.2 Å². The first-order chi connectivity index (χ1) is 9.94. The number of quaternary nitrogens is 1. The fourth-order valence-electron chi connectivity index (χ4n) is 2.45.